The van der Waals surface area contributed by atoms with E-state index in [-0.39, 0.29) is 18.4 Å². The Labute approximate surface area is 214 Å². The van der Waals surface area contributed by atoms with Crippen molar-refractivity contribution in [2.75, 3.05) is 46.6 Å². The van der Waals surface area contributed by atoms with Crippen LogP contribution in [0.15, 0.2) is 70.7 Å². The third-order valence-electron chi connectivity index (χ3n) is 6.16. The van der Waals surface area contributed by atoms with Gasteiger partial charge in [0.25, 0.3) is 5.91 Å². The Bertz CT molecular complexity index is 1310. The van der Waals surface area contributed by atoms with E-state index in [2.05, 4.69) is 0 Å². The van der Waals surface area contributed by atoms with Crippen LogP contribution in [0, 0.1) is 0 Å². The zero-order valence-electron chi connectivity index (χ0n) is 20.1. The van der Waals surface area contributed by atoms with Gasteiger partial charge in [0.05, 0.1) is 37.0 Å². The number of amidine groups is 1. The van der Waals surface area contributed by atoms with Gasteiger partial charge >= 0.3 is 0 Å². The van der Waals surface area contributed by atoms with Gasteiger partial charge in [-0.3, -0.25) is 14.5 Å². The summed E-state index contributed by atoms with van der Waals surface area (Å²) >= 11 is 1.36. The Morgan fingerprint density at radius 2 is 1.86 bits per heavy atom. The van der Waals surface area contributed by atoms with Gasteiger partial charge in [0.2, 0.25) is 5.91 Å². The quantitative estimate of drug-likeness (QED) is 0.458. The molecule has 0 unspecified atom stereocenters. The molecule has 2 saturated heterocycles. The Morgan fingerprint density at radius 1 is 1.11 bits per heavy atom. The van der Waals surface area contributed by atoms with E-state index < -0.39 is 0 Å². The first-order valence-electron chi connectivity index (χ1n) is 11.9. The number of ether oxygens (including phenoxy) is 2. The maximum atomic E-state index is 13.4. The molecule has 0 saturated carbocycles. The summed E-state index contributed by atoms with van der Waals surface area (Å²) in [4.78, 5) is 35.1. The molecule has 8 nitrogen and oxygen atoms in total. The minimum absolute atomic E-state index is 0.0626. The summed E-state index contributed by atoms with van der Waals surface area (Å²) in [7, 11) is 1.62. The first-order valence-corrected chi connectivity index (χ1v) is 12.7. The average molecular weight is 505 g/mol. The average Bonchev–Trinajstić information content (AvgIpc) is 3.40. The zero-order chi connectivity index (χ0) is 24.9. The summed E-state index contributed by atoms with van der Waals surface area (Å²) in [6.45, 7) is 3.44. The topological polar surface area (TPSA) is 76.4 Å². The minimum atomic E-state index is -0.104. The van der Waals surface area contributed by atoms with Crippen molar-refractivity contribution in [2.45, 2.75) is 6.54 Å². The molecule has 3 aromatic rings. The fourth-order valence-electron chi connectivity index (χ4n) is 4.30. The molecule has 0 N–H and O–H groups in total. The van der Waals surface area contributed by atoms with Crippen molar-refractivity contribution in [3.8, 4) is 0 Å². The van der Waals surface area contributed by atoms with Crippen LogP contribution in [0.4, 0.5) is 5.69 Å². The largest absolute Gasteiger partial charge is 0.383 e. The fraction of sp³-hybridized carbons (Fsp3) is 0.296. The smallest absolute Gasteiger partial charge is 0.266 e. The molecule has 2 aromatic carbocycles. The molecule has 0 bridgehead atoms. The highest BCUT2D eigenvalue weighted by Gasteiger charge is 2.33. The first-order chi connectivity index (χ1) is 17.6. The van der Waals surface area contributed by atoms with Gasteiger partial charge in [0.15, 0.2) is 5.17 Å². The number of aromatic nitrogens is 1. The van der Waals surface area contributed by atoms with Crippen LogP contribution in [-0.4, -0.2) is 77.9 Å². The van der Waals surface area contributed by atoms with Crippen LogP contribution in [0.1, 0.15) is 5.56 Å². The molecule has 0 spiro atoms. The van der Waals surface area contributed by atoms with Crippen molar-refractivity contribution in [1.29, 1.82) is 0 Å². The van der Waals surface area contributed by atoms with E-state index in [0.29, 0.717) is 49.5 Å². The number of hydrogen-bond donors (Lipinski definition) is 0. The molecule has 0 atom stereocenters. The highest BCUT2D eigenvalue weighted by Crippen LogP contribution is 2.35. The Hall–Kier alpha value is -3.40. The number of thioether (sulfide) groups is 1. The number of para-hydroxylation sites is 2. The van der Waals surface area contributed by atoms with E-state index in [1.807, 2.05) is 76.3 Å². The lowest BCUT2D eigenvalue weighted by atomic mass is 10.1. The van der Waals surface area contributed by atoms with E-state index in [1.165, 1.54) is 11.8 Å². The lowest BCUT2D eigenvalue weighted by Gasteiger charge is -2.27. The molecule has 0 aliphatic carbocycles. The molecule has 186 valence electrons. The van der Waals surface area contributed by atoms with Crippen LogP contribution in [0.2, 0.25) is 0 Å². The van der Waals surface area contributed by atoms with Gasteiger partial charge in [-0.2, -0.15) is 0 Å². The molecule has 0 radical (unpaired) electrons. The second-order valence-electron chi connectivity index (χ2n) is 8.51. The Morgan fingerprint density at radius 3 is 2.64 bits per heavy atom. The molecule has 9 heteroatoms. The standard InChI is InChI=1S/C27H28N4O4S/c1-34-14-13-31-26(33)24(36-27(31)28-21-7-3-2-4-8-21)17-20-18-30(23-10-6-5-9-22(20)23)19-25(32)29-11-15-35-16-12-29/h2-10,17-18H,11-16,19H2,1H3/b24-17-,28-27?. The molecule has 2 aliphatic heterocycles. The molecule has 1 aromatic heterocycles. The van der Waals surface area contributed by atoms with Crippen LogP contribution >= 0.6 is 11.8 Å². The van der Waals surface area contributed by atoms with Crippen LogP contribution in [0.3, 0.4) is 0 Å². The monoisotopic (exact) mass is 504 g/mol. The summed E-state index contributed by atoms with van der Waals surface area (Å²) in [5.41, 5.74) is 2.63. The van der Waals surface area contributed by atoms with E-state index in [9.17, 15) is 9.59 Å². The fourth-order valence-corrected chi connectivity index (χ4v) is 5.32. The summed E-state index contributed by atoms with van der Waals surface area (Å²) in [6.07, 6.45) is 3.86. The van der Waals surface area contributed by atoms with Crippen molar-refractivity contribution in [2.24, 2.45) is 4.99 Å². The van der Waals surface area contributed by atoms with Gasteiger partial charge < -0.3 is 18.9 Å². The molecule has 2 amide bonds. The highest BCUT2D eigenvalue weighted by atomic mass is 32.2. The zero-order valence-corrected chi connectivity index (χ0v) is 20.9. The third kappa shape index (κ3) is 5.23. The van der Waals surface area contributed by atoms with Crippen LogP contribution in [0.25, 0.3) is 17.0 Å². The van der Waals surface area contributed by atoms with Crippen molar-refractivity contribution >= 4 is 51.4 Å². The molecule has 5 rings (SSSR count). The van der Waals surface area contributed by atoms with Crippen molar-refractivity contribution in [1.82, 2.24) is 14.4 Å². The third-order valence-corrected chi connectivity index (χ3v) is 7.17. The lowest BCUT2D eigenvalue weighted by molar-refractivity contribution is -0.135. The summed E-state index contributed by atoms with van der Waals surface area (Å²) in [6, 6.07) is 17.5. The van der Waals surface area contributed by atoms with Crippen molar-refractivity contribution in [3.63, 3.8) is 0 Å². The number of nitrogens with zero attached hydrogens (tertiary/aromatic N) is 4. The number of carbonyl (C=O) groups is 2. The van der Waals surface area contributed by atoms with Gasteiger partial charge in [0.1, 0.15) is 6.54 Å². The molecule has 2 aliphatic rings. The second-order valence-corrected chi connectivity index (χ2v) is 9.52. The molecular weight excluding hydrogens is 476 g/mol. The number of methoxy groups -OCH3 is 1. The van der Waals surface area contributed by atoms with E-state index in [4.69, 9.17) is 14.5 Å². The maximum absolute atomic E-state index is 13.4. The Balaban J connectivity index is 1.46. The summed E-state index contributed by atoms with van der Waals surface area (Å²) in [5.74, 6) is -0.0412. The normalized spacial score (nSPS) is 18.6. The maximum Gasteiger partial charge on any atom is 0.266 e. The van der Waals surface area contributed by atoms with Gasteiger partial charge in [-0.1, -0.05) is 36.4 Å². The number of benzene rings is 2. The van der Waals surface area contributed by atoms with Crippen LogP contribution < -0.4 is 0 Å². The molecular formula is C27H28N4O4S. The number of rotatable bonds is 7. The van der Waals surface area contributed by atoms with E-state index in [0.717, 1.165) is 22.2 Å². The Kier molecular flexibility index (Phi) is 7.50. The first kappa shape index (κ1) is 24.3. The predicted molar refractivity (Wildman–Crippen MR) is 142 cm³/mol. The number of amides is 2. The summed E-state index contributed by atoms with van der Waals surface area (Å²) in [5, 5.41) is 1.62. The van der Waals surface area contributed by atoms with Gasteiger partial charge in [-0.15, -0.1) is 0 Å². The molecule has 36 heavy (non-hydrogen) atoms. The van der Waals surface area contributed by atoms with Crippen molar-refractivity contribution in [3.05, 3.63) is 71.3 Å². The number of morpholine rings is 1. The highest BCUT2D eigenvalue weighted by molar-refractivity contribution is 8.18. The van der Waals surface area contributed by atoms with Crippen LogP contribution in [-0.2, 0) is 25.6 Å². The van der Waals surface area contributed by atoms with Gasteiger partial charge in [0, 0.05) is 42.9 Å². The van der Waals surface area contributed by atoms with Crippen LogP contribution in [0.5, 0.6) is 0 Å². The van der Waals surface area contributed by atoms with Crippen molar-refractivity contribution < 1.29 is 19.1 Å². The number of aliphatic imine (C=N–C) groups is 1. The molecule has 2 fully saturated rings. The number of carbonyl (C=O) groups excluding carboxylic acids is 2. The van der Waals surface area contributed by atoms with Gasteiger partial charge in [-0.05, 0) is 36.0 Å². The SMILES string of the molecule is COCCN1C(=O)/C(=C/c2cn(CC(=O)N3CCOCC3)c3ccccc23)SC1=Nc1ccccc1. The van der Waals surface area contributed by atoms with Gasteiger partial charge in [-0.25, -0.2) is 4.99 Å². The predicted octanol–water partition coefficient (Wildman–Crippen LogP) is 3.75. The number of hydrogen-bond acceptors (Lipinski definition) is 6. The second kappa shape index (κ2) is 11.1. The van der Waals surface area contributed by atoms with E-state index in [1.54, 1.807) is 12.0 Å². The lowest BCUT2D eigenvalue weighted by Crippen LogP contribution is -2.42. The van der Waals surface area contributed by atoms with E-state index >= 15 is 0 Å². The molecule has 3 heterocycles. The summed E-state index contributed by atoms with van der Waals surface area (Å²) < 4.78 is 12.6. The number of fused-ring (bicyclic) bond motifs is 1. The minimum Gasteiger partial charge on any atom is -0.383 e.